The summed E-state index contributed by atoms with van der Waals surface area (Å²) in [7, 11) is 1.65. The highest BCUT2D eigenvalue weighted by atomic mass is 16.5. The quantitative estimate of drug-likeness (QED) is 0.730. The predicted octanol–water partition coefficient (Wildman–Crippen LogP) is 2.91. The molecule has 0 aliphatic carbocycles. The summed E-state index contributed by atoms with van der Waals surface area (Å²) in [5, 5.41) is 8.74. The zero-order chi connectivity index (χ0) is 21.1. The maximum atomic E-state index is 13.2. The van der Waals surface area contributed by atoms with E-state index in [1.54, 1.807) is 7.11 Å². The second kappa shape index (κ2) is 8.76. The molecule has 30 heavy (non-hydrogen) atoms. The largest absolute Gasteiger partial charge is 0.497 e. The fourth-order valence-corrected chi connectivity index (χ4v) is 4.90. The van der Waals surface area contributed by atoms with E-state index in [0.29, 0.717) is 18.9 Å². The van der Waals surface area contributed by atoms with E-state index < -0.39 is 0 Å². The molecule has 2 aliphatic rings. The Morgan fingerprint density at radius 1 is 1.27 bits per heavy atom. The average Bonchev–Trinajstić information content (AvgIpc) is 3.33. The third kappa shape index (κ3) is 4.21. The summed E-state index contributed by atoms with van der Waals surface area (Å²) in [5.74, 6) is 2.70. The lowest BCUT2D eigenvalue weighted by atomic mass is 9.71. The SMILES string of the molecule is COc1ccc(CC(=O)N2CC(c3nncn3CC(C)C)C3(CCOCC3)C2)cc1. The first kappa shape index (κ1) is 20.8. The Kier molecular flexibility index (Phi) is 6.09. The number of aromatic nitrogens is 3. The minimum atomic E-state index is 0.0234. The van der Waals surface area contributed by atoms with Gasteiger partial charge < -0.3 is 18.9 Å². The molecule has 0 saturated carbocycles. The van der Waals surface area contributed by atoms with Gasteiger partial charge in [-0.2, -0.15) is 0 Å². The lowest BCUT2D eigenvalue weighted by Crippen LogP contribution is -2.38. The number of amides is 1. The van der Waals surface area contributed by atoms with Crippen molar-refractivity contribution in [2.45, 2.75) is 45.6 Å². The Bertz CT molecular complexity index is 856. The molecule has 2 aromatic rings. The molecule has 0 bridgehead atoms. The third-order valence-electron chi connectivity index (χ3n) is 6.52. The van der Waals surface area contributed by atoms with Gasteiger partial charge in [-0.25, -0.2) is 0 Å². The molecular formula is C23H32N4O3. The van der Waals surface area contributed by atoms with Crippen molar-refractivity contribution in [3.05, 3.63) is 42.0 Å². The number of methoxy groups -OCH3 is 1. The fraction of sp³-hybridized carbons (Fsp3) is 0.609. The maximum Gasteiger partial charge on any atom is 0.227 e. The van der Waals surface area contributed by atoms with Crippen LogP contribution in [0.5, 0.6) is 5.75 Å². The monoisotopic (exact) mass is 412 g/mol. The van der Waals surface area contributed by atoms with Crippen LogP contribution in [0.1, 0.15) is 44.0 Å². The van der Waals surface area contributed by atoms with Gasteiger partial charge in [0.25, 0.3) is 0 Å². The van der Waals surface area contributed by atoms with Crippen molar-refractivity contribution in [3.8, 4) is 5.75 Å². The van der Waals surface area contributed by atoms with E-state index in [2.05, 4.69) is 28.6 Å². The van der Waals surface area contributed by atoms with Gasteiger partial charge in [0.1, 0.15) is 17.9 Å². The third-order valence-corrected chi connectivity index (χ3v) is 6.52. The Hall–Kier alpha value is -2.41. The Balaban J connectivity index is 1.55. The summed E-state index contributed by atoms with van der Waals surface area (Å²) in [4.78, 5) is 15.2. The van der Waals surface area contributed by atoms with Crippen LogP contribution in [0.25, 0.3) is 0 Å². The molecule has 0 N–H and O–H groups in total. The summed E-state index contributed by atoms with van der Waals surface area (Å²) in [6.45, 7) is 8.26. The summed E-state index contributed by atoms with van der Waals surface area (Å²) in [6, 6.07) is 7.75. The van der Waals surface area contributed by atoms with Crippen molar-refractivity contribution in [2.24, 2.45) is 11.3 Å². The van der Waals surface area contributed by atoms with Crippen molar-refractivity contribution in [1.29, 1.82) is 0 Å². The summed E-state index contributed by atoms with van der Waals surface area (Å²) < 4.78 is 13.1. The molecule has 1 unspecified atom stereocenters. The van der Waals surface area contributed by atoms with Crippen molar-refractivity contribution in [1.82, 2.24) is 19.7 Å². The van der Waals surface area contributed by atoms with Crippen LogP contribution in [-0.2, 0) is 22.5 Å². The van der Waals surface area contributed by atoms with Gasteiger partial charge in [0.15, 0.2) is 0 Å². The topological polar surface area (TPSA) is 69.5 Å². The van der Waals surface area contributed by atoms with Crippen molar-refractivity contribution < 1.29 is 14.3 Å². The van der Waals surface area contributed by atoms with Gasteiger partial charge in [0.05, 0.1) is 13.5 Å². The predicted molar refractivity (Wildman–Crippen MR) is 113 cm³/mol. The highest BCUT2D eigenvalue weighted by molar-refractivity contribution is 5.79. The molecule has 1 atom stereocenters. The van der Waals surface area contributed by atoms with Crippen LogP contribution in [0.15, 0.2) is 30.6 Å². The van der Waals surface area contributed by atoms with Crippen molar-refractivity contribution in [2.75, 3.05) is 33.4 Å². The minimum Gasteiger partial charge on any atom is -0.497 e. The number of likely N-dealkylation sites (tertiary alicyclic amines) is 1. The van der Waals surface area contributed by atoms with Gasteiger partial charge in [-0.3, -0.25) is 4.79 Å². The number of carbonyl (C=O) groups excluding carboxylic acids is 1. The van der Waals surface area contributed by atoms with Crippen LogP contribution in [-0.4, -0.2) is 59.0 Å². The lowest BCUT2D eigenvalue weighted by Gasteiger charge is -2.37. The van der Waals surface area contributed by atoms with Gasteiger partial charge in [0, 0.05) is 44.2 Å². The molecule has 1 amide bonds. The number of hydrogen-bond donors (Lipinski definition) is 0. The fourth-order valence-electron chi connectivity index (χ4n) is 4.90. The van der Waals surface area contributed by atoms with Crippen LogP contribution in [0.3, 0.4) is 0 Å². The number of ether oxygens (including phenoxy) is 2. The van der Waals surface area contributed by atoms with E-state index in [1.807, 2.05) is 35.5 Å². The zero-order valence-electron chi connectivity index (χ0n) is 18.2. The molecule has 1 aromatic carbocycles. The van der Waals surface area contributed by atoms with Gasteiger partial charge in [-0.1, -0.05) is 26.0 Å². The molecule has 1 spiro atoms. The molecule has 2 fully saturated rings. The van der Waals surface area contributed by atoms with Gasteiger partial charge in [-0.15, -0.1) is 10.2 Å². The first-order valence-corrected chi connectivity index (χ1v) is 10.9. The molecule has 4 rings (SSSR count). The Morgan fingerprint density at radius 3 is 2.67 bits per heavy atom. The maximum absolute atomic E-state index is 13.2. The molecule has 0 radical (unpaired) electrons. The molecule has 162 valence electrons. The summed E-state index contributed by atoms with van der Waals surface area (Å²) in [5.41, 5.74) is 1.03. The van der Waals surface area contributed by atoms with Crippen LogP contribution in [0, 0.1) is 11.3 Å². The number of benzene rings is 1. The van der Waals surface area contributed by atoms with E-state index in [0.717, 1.165) is 56.3 Å². The van der Waals surface area contributed by atoms with Crippen LogP contribution in [0.2, 0.25) is 0 Å². The Labute approximate surface area is 178 Å². The number of nitrogens with zero attached hydrogens (tertiary/aromatic N) is 4. The van der Waals surface area contributed by atoms with E-state index >= 15 is 0 Å². The summed E-state index contributed by atoms with van der Waals surface area (Å²) >= 11 is 0. The molecule has 1 aromatic heterocycles. The molecular weight excluding hydrogens is 380 g/mol. The first-order valence-electron chi connectivity index (χ1n) is 10.9. The van der Waals surface area contributed by atoms with E-state index in [-0.39, 0.29) is 17.2 Å². The number of carbonyl (C=O) groups is 1. The van der Waals surface area contributed by atoms with Crippen molar-refractivity contribution >= 4 is 5.91 Å². The van der Waals surface area contributed by atoms with Crippen molar-refractivity contribution in [3.63, 3.8) is 0 Å². The molecule has 3 heterocycles. The minimum absolute atomic E-state index is 0.0234. The van der Waals surface area contributed by atoms with E-state index in [1.165, 1.54) is 0 Å². The van der Waals surface area contributed by atoms with Crippen LogP contribution >= 0.6 is 0 Å². The second-order valence-electron chi connectivity index (χ2n) is 9.06. The Morgan fingerprint density at radius 2 is 2.00 bits per heavy atom. The smallest absolute Gasteiger partial charge is 0.227 e. The normalized spacial score (nSPS) is 20.8. The average molecular weight is 413 g/mol. The van der Waals surface area contributed by atoms with Gasteiger partial charge in [-0.05, 0) is 36.5 Å². The standard InChI is InChI=1S/C23H32N4O3/c1-17(2)13-27-16-24-25-22(27)20-14-26(15-23(20)8-10-30-11-9-23)21(28)12-18-4-6-19(29-3)7-5-18/h4-7,16-17,20H,8-15H2,1-3H3. The lowest BCUT2D eigenvalue weighted by molar-refractivity contribution is -0.130. The highest BCUT2D eigenvalue weighted by Gasteiger charge is 2.50. The van der Waals surface area contributed by atoms with Crippen LogP contribution < -0.4 is 4.74 Å². The molecule has 7 nitrogen and oxygen atoms in total. The van der Waals surface area contributed by atoms with Gasteiger partial charge >= 0.3 is 0 Å². The van der Waals surface area contributed by atoms with Gasteiger partial charge in [0.2, 0.25) is 5.91 Å². The number of hydrogen-bond acceptors (Lipinski definition) is 5. The molecule has 2 saturated heterocycles. The van der Waals surface area contributed by atoms with E-state index in [9.17, 15) is 4.79 Å². The molecule has 7 heteroatoms. The zero-order valence-corrected chi connectivity index (χ0v) is 18.2. The second-order valence-corrected chi connectivity index (χ2v) is 9.06. The molecule has 2 aliphatic heterocycles. The van der Waals surface area contributed by atoms with E-state index in [4.69, 9.17) is 9.47 Å². The first-order chi connectivity index (χ1) is 14.5. The summed E-state index contributed by atoms with van der Waals surface area (Å²) in [6.07, 6.45) is 4.16. The number of rotatable bonds is 6. The van der Waals surface area contributed by atoms with Crippen LogP contribution in [0.4, 0.5) is 0 Å². The highest BCUT2D eigenvalue weighted by Crippen LogP contribution is 2.49.